The maximum absolute atomic E-state index is 11.1. The summed E-state index contributed by atoms with van der Waals surface area (Å²) in [6.07, 6.45) is 0. The first-order valence-corrected chi connectivity index (χ1v) is 5.90. The van der Waals surface area contributed by atoms with Crippen molar-refractivity contribution >= 4 is 11.7 Å². The molecule has 0 aliphatic rings. The van der Waals surface area contributed by atoms with Crippen LogP contribution in [0.5, 0.6) is 11.5 Å². The van der Waals surface area contributed by atoms with E-state index in [-0.39, 0.29) is 17.9 Å². The normalized spacial score (nSPS) is 10.1. The van der Waals surface area contributed by atoms with Crippen LogP contribution in [-0.4, -0.2) is 21.1 Å². The smallest absolute Gasteiger partial charge is 0.339 e. The fraction of sp³-hybridized carbons (Fsp3) is 0.0714. The number of nitro groups is 1. The summed E-state index contributed by atoms with van der Waals surface area (Å²) < 4.78 is 5.33. The maximum atomic E-state index is 11.1. The van der Waals surface area contributed by atoms with Gasteiger partial charge in [0, 0.05) is 6.07 Å². The van der Waals surface area contributed by atoms with Gasteiger partial charge in [-0.25, -0.2) is 4.79 Å². The summed E-state index contributed by atoms with van der Waals surface area (Å²) in [7, 11) is 0. The van der Waals surface area contributed by atoms with Gasteiger partial charge in [-0.3, -0.25) is 10.1 Å². The Morgan fingerprint density at radius 1 is 1.24 bits per heavy atom. The van der Waals surface area contributed by atoms with Crippen LogP contribution in [0.25, 0.3) is 0 Å². The van der Waals surface area contributed by atoms with Gasteiger partial charge in [0.25, 0.3) is 0 Å². The Balaban J connectivity index is 2.34. The van der Waals surface area contributed by atoms with E-state index in [0.717, 1.165) is 17.7 Å². The number of aromatic hydroxyl groups is 1. The third-order valence-electron chi connectivity index (χ3n) is 2.74. The number of rotatable bonds is 5. The molecule has 0 heterocycles. The Morgan fingerprint density at radius 3 is 2.48 bits per heavy atom. The zero-order chi connectivity index (χ0) is 15.4. The zero-order valence-electron chi connectivity index (χ0n) is 10.7. The first-order valence-electron chi connectivity index (χ1n) is 5.90. The van der Waals surface area contributed by atoms with E-state index >= 15 is 0 Å². The van der Waals surface area contributed by atoms with Gasteiger partial charge in [-0.05, 0) is 5.56 Å². The number of hydrogen-bond donors (Lipinski definition) is 2. The minimum Gasteiger partial charge on any atom is -0.502 e. The number of carboxylic acids is 1. The van der Waals surface area contributed by atoms with Crippen molar-refractivity contribution in [1.82, 2.24) is 0 Å². The highest BCUT2D eigenvalue weighted by Gasteiger charge is 2.22. The van der Waals surface area contributed by atoms with Crippen molar-refractivity contribution in [2.45, 2.75) is 6.61 Å². The van der Waals surface area contributed by atoms with Crippen molar-refractivity contribution in [2.24, 2.45) is 0 Å². The van der Waals surface area contributed by atoms with E-state index in [9.17, 15) is 20.0 Å². The molecule has 2 N–H and O–H groups in total. The predicted molar refractivity (Wildman–Crippen MR) is 72.5 cm³/mol. The second kappa shape index (κ2) is 5.91. The highest BCUT2D eigenvalue weighted by molar-refractivity contribution is 5.92. The lowest BCUT2D eigenvalue weighted by atomic mass is 10.1. The molecule has 0 amide bonds. The number of carboxylic acid groups (broad SMARTS) is 1. The van der Waals surface area contributed by atoms with Gasteiger partial charge in [0.2, 0.25) is 0 Å². The van der Waals surface area contributed by atoms with Crippen LogP contribution in [0.1, 0.15) is 15.9 Å². The van der Waals surface area contributed by atoms with Gasteiger partial charge in [-0.1, -0.05) is 30.3 Å². The number of nitro benzene ring substituents is 1. The summed E-state index contributed by atoms with van der Waals surface area (Å²) in [6, 6.07) is 10.6. The van der Waals surface area contributed by atoms with Crippen molar-refractivity contribution < 1.29 is 24.7 Å². The number of nitrogens with zero attached hydrogens (tertiary/aromatic N) is 1. The van der Waals surface area contributed by atoms with Gasteiger partial charge in [-0.15, -0.1) is 0 Å². The molecule has 0 bridgehead atoms. The monoisotopic (exact) mass is 289 g/mol. The number of ether oxygens (including phenoxy) is 1. The average Bonchev–Trinajstić information content (AvgIpc) is 2.46. The Bertz CT molecular complexity index is 683. The standard InChI is InChI=1S/C14H11NO6/c16-12-6-10(14(17)18)13(7-11(12)15(19)20)21-8-9-4-2-1-3-5-9/h1-7,16H,8H2,(H,17,18). The van der Waals surface area contributed by atoms with Crippen LogP contribution >= 0.6 is 0 Å². The molecule has 0 saturated heterocycles. The summed E-state index contributed by atoms with van der Waals surface area (Å²) in [5.74, 6) is -2.23. The highest BCUT2D eigenvalue weighted by Crippen LogP contribution is 2.34. The van der Waals surface area contributed by atoms with E-state index in [1.165, 1.54) is 0 Å². The molecule has 0 atom stereocenters. The topological polar surface area (TPSA) is 110 Å². The third-order valence-corrected chi connectivity index (χ3v) is 2.74. The highest BCUT2D eigenvalue weighted by atomic mass is 16.6. The van der Waals surface area contributed by atoms with Gasteiger partial charge in [-0.2, -0.15) is 0 Å². The van der Waals surface area contributed by atoms with E-state index in [4.69, 9.17) is 9.84 Å². The first kappa shape index (κ1) is 14.3. The van der Waals surface area contributed by atoms with E-state index in [2.05, 4.69) is 0 Å². The Labute approximate surface area is 119 Å². The molecule has 108 valence electrons. The Kier molecular flexibility index (Phi) is 4.03. The molecule has 7 nitrogen and oxygen atoms in total. The van der Waals surface area contributed by atoms with Crippen LogP contribution in [0.4, 0.5) is 5.69 Å². The minimum absolute atomic E-state index is 0.0586. The van der Waals surface area contributed by atoms with Crippen molar-refractivity contribution in [3.8, 4) is 11.5 Å². The molecule has 0 radical (unpaired) electrons. The van der Waals surface area contributed by atoms with Crippen LogP contribution in [0.15, 0.2) is 42.5 Å². The van der Waals surface area contributed by atoms with Gasteiger partial charge >= 0.3 is 11.7 Å². The van der Waals surface area contributed by atoms with Crippen molar-refractivity contribution in [3.05, 3.63) is 63.7 Å². The molecule has 21 heavy (non-hydrogen) atoms. The van der Waals surface area contributed by atoms with Crippen LogP contribution in [-0.2, 0) is 6.61 Å². The summed E-state index contributed by atoms with van der Waals surface area (Å²) in [5.41, 5.74) is -0.165. The quantitative estimate of drug-likeness (QED) is 0.646. The average molecular weight is 289 g/mol. The maximum Gasteiger partial charge on any atom is 0.339 e. The van der Waals surface area contributed by atoms with E-state index in [1.807, 2.05) is 6.07 Å². The molecular formula is C14H11NO6. The Morgan fingerprint density at radius 2 is 1.90 bits per heavy atom. The summed E-state index contributed by atoms with van der Waals surface area (Å²) >= 11 is 0. The molecule has 0 aromatic heterocycles. The Hall–Kier alpha value is -3.09. The number of phenolic OH excluding ortho intramolecular Hbond substituents is 1. The molecule has 7 heteroatoms. The molecule has 0 aliphatic heterocycles. The summed E-state index contributed by atoms with van der Waals surface area (Å²) in [4.78, 5) is 21.1. The van der Waals surface area contributed by atoms with Gasteiger partial charge < -0.3 is 14.9 Å². The number of phenols is 1. The molecule has 0 saturated carbocycles. The zero-order valence-corrected chi connectivity index (χ0v) is 10.7. The number of hydrogen-bond acceptors (Lipinski definition) is 5. The number of carbonyl (C=O) groups is 1. The first-order chi connectivity index (χ1) is 9.99. The second-order valence-electron chi connectivity index (χ2n) is 4.17. The lowest BCUT2D eigenvalue weighted by Crippen LogP contribution is -2.04. The van der Waals surface area contributed by atoms with Crippen LogP contribution in [0.3, 0.4) is 0 Å². The summed E-state index contributed by atoms with van der Waals surface area (Å²) in [6.45, 7) is 0.0586. The van der Waals surface area contributed by atoms with Crippen LogP contribution in [0.2, 0.25) is 0 Å². The van der Waals surface area contributed by atoms with E-state index < -0.39 is 22.3 Å². The van der Waals surface area contributed by atoms with Gasteiger partial charge in [0.1, 0.15) is 17.9 Å². The lowest BCUT2D eigenvalue weighted by molar-refractivity contribution is -0.385. The van der Waals surface area contributed by atoms with Crippen molar-refractivity contribution in [1.29, 1.82) is 0 Å². The number of benzene rings is 2. The second-order valence-corrected chi connectivity index (χ2v) is 4.17. The van der Waals surface area contributed by atoms with E-state index in [0.29, 0.717) is 0 Å². The largest absolute Gasteiger partial charge is 0.502 e. The fourth-order valence-electron chi connectivity index (χ4n) is 1.73. The van der Waals surface area contributed by atoms with Crippen LogP contribution < -0.4 is 4.74 Å². The molecule has 2 rings (SSSR count). The SMILES string of the molecule is O=C(O)c1cc(O)c([N+](=O)[O-])cc1OCc1ccccc1. The van der Waals surface area contributed by atoms with Gasteiger partial charge in [0.05, 0.1) is 11.0 Å². The lowest BCUT2D eigenvalue weighted by Gasteiger charge is -2.10. The summed E-state index contributed by atoms with van der Waals surface area (Å²) in [5, 5.41) is 29.3. The third kappa shape index (κ3) is 3.27. The van der Waals surface area contributed by atoms with Crippen LogP contribution in [0, 0.1) is 10.1 Å². The minimum atomic E-state index is -1.34. The molecule has 0 spiro atoms. The molecule has 0 unspecified atom stereocenters. The number of aromatic carboxylic acids is 1. The molecule has 2 aromatic carbocycles. The molecular weight excluding hydrogens is 278 g/mol. The molecule has 2 aromatic rings. The van der Waals surface area contributed by atoms with Crippen molar-refractivity contribution in [2.75, 3.05) is 0 Å². The molecule has 0 aliphatic carbocycles. The fourth-order valence-corrected chi connectivity index (χ4v) is 1.73. The van der Waals surface area contributed by atoms with Gasteiger partial charge in [0.15, 0.2) is 5.75 Å². The van der Waals surface area contributed by atoms with E-state index in [1.54, 1.807) is 24.3 Å². The van der Waals surface area contributed by atoms with Crippen molar-refractivity contribution in [3.63, 3.8) is 0 Å². The predicted octanol–water partition coefficient (Wildman–Crippen LogP) is 2.58. The molecule has 0 fully saturated rings.